The van der Waals surface area contributed by atoms with Crippen LogP contribution in [0.3, 0.4) is 0 Å². The van der Waals surface area contributed by atoms with Crippen molar-refractivity contribution in [2.45, 2.75) is 32.2 Å². The molecule has 3 heterocycles. The Labute approximate surface area is 201 Å². The van der Waals surface area contributed by atoms with Gasteiger partial charge in [-0.15, -0.1) is 0 Å². The smallest absolute Gasteiger partial charge is 0.223 e. The van der Waals surface area contributed by atoms with E-state index in [1.165, 1.54) is 50.0 Å². The minimum absolute atomic E-state index is 0.0392. The minimum atomic E-state index is -0.192. The van der Waals surface area contributed by atoms with Crippen LogP contribution in [0.5, 0.6) is 11.5 Å². The number of fused-ring (bicyclic) bond motifs is 1. The van der Waals surface area contributed by atoms with E-state index in [9.17, 15) is 4.79 Å². The van der Waals surface area contributed by atoms with E-state index in [0.29, 0.717) is 13.2 Å². The van der Waals surface area contributed by atoms with E-state index in [1.807, 2.05) is 30.3 Å². The zero-order valence-electron chi connectivity index (χ0n) is 19.2. The molecule has 2 fully saturated rings. The van der Waals surface area contributed by atoms with Gasteiger partial charge in [0.2, 0.25) is 5.91 Å². The standard InChI is InChI=1S/C15H21NO2.C11H13ClN2O/c1-2-8-16(7-1)9-3-4-13-5-6-14-15(12-13)18-11-10-17-14;12-10-3-1-8(2-4-10)5-14-6-9(7-14)11(13)15/h5-6,12H,1-4,7-11H2;1-4,9H,5-7H2,(H2,13,15). The number of carbonyl (C=O) groups excluding carboxylic acids is 1. The summed E-state index contributed by atoms with van der Waals surface area (Å²) in [4.78, 5) is 15.6. The molecule has 2 N–H and O–H groups in total. The molecule has 0 atom stereocenters. The van der Waals surface area contributed by atoms with Crippen LogP contribution in [0.2, 0.25) is 5.02 Å². The van der Waals surface area contributed by atoms with Gasteiger partial charge in [-0.1, -0.05) is 29.8 Å². The molecule has 7 heteroatoms. The SMILES string of the molecule is NC(=O)C1CN(Cc2ccc(Cl)cc2)C1.c1cc2c(cc1CCCN1CCCC1)OCCO2. The highest BCUT2D eigenvalue weighted by Crippen LogP contribution is 2.31. The number of nitrogens with zero attached hydrogens (tertiary/aromatic N) is 2. The van der Waals surface area contributed by atoms with Gasteiger partial charge in [-0.3, -0.25) is 9.69 Å². The van der Waals surface area contributed by atoms with Gasteiger partial charge >= 0.3 is 0 Å². The normalized spacial score (nSPS) is 18.3. The van der Waals surface area contributed by atoms with Crippen molar-refractivity contribution in [2.75, 3.05) is 45.9 Å². The molecule has 0 unspecified atom stereocenters. The molecule has 2 saturated heterocycles. The van der Waals surface area contributed by atoms with Crippen molar-refractivity contribution in [1.29, 1.82) is 0 Å². The minimum Gasteiger partial charge on any atom is -0.486 e. The highest BCUT2D eigenvalue weighted by molar-refractivity contribution is 6.30. The van der Waals surface area contributed by atoms with Gasteiger partial charge in [0.15, 0.2) is 11.5 Å². The molecule has 2 aromatic rings. The number of halogens is 1. The molecule has 0 radical (unpaired) electrons. The Kier molecular flexibility index (Phi) is 8.48. The molecule has 3 aliphatic rings. The Morgan fingerprint density at radius 2 is 1.61 bits per heavy atom. The zero-order valence-corrected chi connectivity index (χ0v) is 19.9. The summed E-state index contributed by atoms with van der Waals surface area (Å²) in [6.45, 7) is 7.57. The van der Waals surface area contributed by atoms with Crippen LogP contribution in [-0.4, -0.2) is 61.6 Å². The fourth-order valence-electron chi connectivity index (χ4n) is 4.48. The molecule has 178 valence electrons. The number of likely N-dealkylation sites (tertiary alicyclic amines) is 2. The van der Waals surface area contributed by atoms with Crippen molar-refractivity contribution in [2.24, 2.45) is 11.7 Å². The van der Waals surface area contributed by atoms with Gasteiger partial charge in [0.05, 0.1) is 5.92 Å². The van der Waals surface area contributed by atoms with Crippen LogP contribution in [0.1, 0.15) is 30.4 Å². The Balaban J connectivity index is 0.000000160. The molecule has 0 aliphatic carbocycles. The number of ether oxygens (including phenoxy) is 2. The quantitative estimate of drug-likeness (QED) is 0.666. The van der Waals surface area contributed by atoms with E-state index in [2.05, 4.69) is 21.9 Å². The lowest BCUT2D eigenvalue weighted by atomic mass is 9.99. The Hall–Kier alpha value is -2.28. The number of nitrogens with two attached hydrogens (primary N) is 1. The summed E-state index contributed by atoms with van der Waals surface area (Å²) in [6.07, 6.45) is 5.13. The second-order valence-electron chi connectivity index (χ2n) is 9.05. The van der Waals surface area contributed by atoms with Gasteiger partial charge in [-0.25, -0.2) is 0 Å². The third-order valence-corrected chi connectivity index (χ3v) is 6.68. The van der Waals surface area contributed by atoms with Crippen molar-refractivity contribution in [1.82, 2.24) is 9.80 Å². The lowest BCUT2D eigenvalue weighted by molar-refractivity contribution is -0.127. The summed E-state index contributed by atoms with van der Waals surface area (Å²) in [7, 11) is 0. The molecular formula is C26H34ClN3O3. The van der Waals surface area contributed by atoms with E-state index < -0.39 is 0 Å². The first-order chi connectivity index (χ1) is 16.1. The van der Waals surface area contributed by atoms with Crippen LogP contribution in [0.25, 0.3) is 0 Å². The Morgan fingerprint density at radius 3 is 2.30 bits per heavy atom. The third kappa shape index (κ3) is 7.10. The maximum Gasteiger partial charge on any atom is 0.223 e. The second-order valence-corrected chi connectivity index (χ2v) is 9.49. The Morgan fingerprint density at radius 1 is 0.939 bits per heavy atom. The predicted molar refractivity (Wildman–Crippen MR) is 131 cm³/mol. The monoisotopic (exact) mass is 471 g/mol. The summed E-state index contributed by atoms with van der Waals surface area (Å²) >= 11 is 5.79. The molecule has 5 rings (SSSR count). The number of amides is 1. The molecule has 0 aromatic heterocycles. The summed E-state index contributed by atoms with van der Waals surface area (Å²) in [5.74, 6) is 1.66. The number of rotatable bonds is 7. The van der Waals surface area contributed by atoms with Gasteiger partial charge in [-0.05, 0) is 80.7 Å². The predicted octanol–water partition coefficient (Wildman–Crippen LogP) is 3.74. The lowest BCUT2D eigenvalue weighted by Gasteiger charge is -2.37. The largest absolute Gasteiger partial charge is 0.486 e. The van der Waals surface area contributed by atoms with Crippen LogP contribution >= 0.6 is 11.6 Å². The van der Waals surface area contributed by atoms with E-state index in [0.717, 1.165) is 42.6 Å². The van der Waals surface area contributed by atoms with Crippen molar-refractivity contribution in [3.05, 3.63) is 58.6 Å². The van der Waals surface area contributed by atoms with E-state index in [4.69, 9.17) is 26.8 Å². The number of hydrogen-bond donors (Lipinski definition) is 1. The average molecular weight is 472 g/mol. The highest BCUT2D eigenvalue weighted by Gasteiger charge is 2.30. The number of primary amides is 1. The van der Waals surface area contributed by atoms with E-state index in [1.54, 1.807) is 0 Å². The fraction of sp³-hybridized carbons (Fsp3) is 0.500. The van der Waals surface area contributed by atoms with Crippen LogP contribution in [-0.2, 0) is 17.8 Å². The van der Waals surface area contributed by atoms with Crippen molar-refractivity contribution in [3.63, 3.8) is 0 Å². The molecule has 1 amide bonds. The molecule has 33 heavy (non-hydrogen) atoms. The van der Waals surface area contributed by atoms with Gasteiger partial charge in [0, 0.05) is 24.7 Å². The van der Waals surface area contributed by atoms with Gasteiger partial charge in [0.25, 0.3) is 0 Å². The number of aryl methyl sites for hydroxylation is 1. The first-order valence-electron chi connectivity index (χ1n) is 11.9. The summed E-state index contributed by atoms with van der Waals surface area (Å²) < 4.78 is 11.1. The van der Waals surface area contributed by atoms with E-state index in [-0.39, 0.29) is 11.8 Å². The summed E-state index contributed by atoms with van der Waals surface area (Å²) in [6, 6.07) is 14.1. The van der Waals surface area contributed by atoms with Gasteiger partial charge < -0.3 is 20.1 Å². The van der Waals surface area contributed by atoms with Crippen molar-refractivity contribution >= 4 is 17.5 Å². The topological polar surface area (TPSA) is 68.0 Å². The molecule has 6 nitrogen and oxygen atoms in total. The number of benzene rings is 2. The maximum atomic E-state index is 10.8. The first kappa shape index (κ1) is 23.9. The molecule has 2 aromatic carbocycles. The average Bonchev–Trinajstić information content (AvgIpc) is 3.31. The van der Waals surface area contributed by atoms with Crippen LogP contribution in [0, 0.1) is 5.92 Å². The molecule has 0 spiro atoms. The molecule has 0 saturated carbocycles. The van der Waals surface area contributed by atoms with Gasteiger partial charge in [0.1, 0.15) is 13.2 Å². The number of carbonyl (C=O) groups is 1. The zero-order chi connectivity index (χ0) is 23.0. The fourth-order valence-corrected chi connectivity index (χ4v) is 4.61. The first-order valence-corrected chi connectivity index (χ1v) is 12.3. The summed E-state index contributed by atoms with van der Waals surface area (Å²) in [5, 5.41) is 0.748. The number of hydrogen-bond acceptors (Lipinski definition) is 5. The third-order valence-electron chi connectivity index (χ3n) is 6.42. The van der Waals surface area contributed by atoms with Crippen LogP contribution in [0.4, 0.5) is 0 Å². The molecule has 0 bridgehead atoms. The second kappa shape index (κ2) is 11.7. The molecule has 3 aliphatic heterocycles. The van der Waals surface area contributed by atoms with Crippen LogP contribution < -0.4 is 15.2 Å². The van der Waals surface area contributed by atoms with Crippen molar-refractivity contribution in [3.8, 4) is 11.5 Å². The van der Waals surface area contributed by atoms with Gasteiger partial charge in [-0.2, -0.15) is 0 Å². The summed E-state index contributed by atoms with van der Waals surface area (Å²) in [5.41, 5.74) is 7.76. The van der Waals surface area contributed by atoms with Crippen molar-refractivity contribution < 1.29 is 14.3 Å². The van der Waals surface area contributed by atoms with E-state index >= 15 is 0 Å². The maximum absolute atomic E-state index is 10.8. The lowest BCUT2D eigenvalue weighted by Crippen LogP contribution is -2.51. The highest BCUT2D eigenvalue weighted by atomic mass is 35.5. The molecular weight excluding hydrogens is 438 g/mol. The van der Waals surface area contributed by atoms with Crippen LogP contribution in [0.15, 0.2) is 42.5 Å². The Bertz CT molecular complexity index is 909.